The molecule has 0 heterocycles. The number of nitrogens with zero attached hydrogens (tertiary/aromatic N) is 1. The van der Waals surface area contributed by atoms with Gasteiger partial charge in [0, 0.05) is 19.3 Å². The monoisotopic (exact) mass is 280 g/mol. The molecule has 1 rings (SSSR count). The van der Waals surface area contributed by atoms with Gasteiger partial charge in [-0.05, 0) is 44.5 Å². The van der Waals surface area contributed by atoms with Crippen molar-refractivity contribution < 1.29 is 14.3 Å². The van der Waals surface area contributed by atoms with Gasteiger partial charge in [-0.2, -0.15) is 0 Å². The lowest BCUT2D eigenvalue weighted by molar-refractivity contribution is -0.149. The highest BCUT2D eigenvalue weighted by molar-refractivity contribution is 5.80. The summed E-state index contributed by atoms with van der Waals surface area (Å²) < 4.78 is 10.1. The van der Waals surface area contributed by atoms with Gasteiger partial charge in [-0.1, -0.05) is 0 Å². The minimum atomic E-state index is -0.962. The van der Waals surface area contributed by atoms with Gasteiger partial charge in [0.2, 0.25) is 0 Å². The highest BCUT2D eigenvalue weighted by atomic mass is 16.5. The van der Waals surface area contributed by atoms with Crippen molar-refractivity contribution in [1.82, 2.24) is 0 Å². The Morgan fingerprint density at radius 1 is 1.35 bits per heavy atom. The van der Waals surface area contributed by atoms with E-state index in [1.54, 1.807) is 21.0 Å². The lowest BCUT2D eigenvalue weighted by Gasteiger charge is -2.26. The highest BCUT2D eigenvalue weighted by Gasteiger charge is 2.29. The van der Waals surface area contributed by atoms with Gasteiger partial charge in [0.05, 0.1) is 13.7 Å². The van der Waals surface area contributed by atoms with Crippen LogP contribution in [0.2, 0.25) is 0 Å². The molecule has 1 unspecified atom stereocenters. The van der Waals surface area contributed by atoms with Crippen LogP contribution in [0.15, 0.2) is 24.3 Å². The number of hydrogen-bond donors (Lipinski definition) is 1. The number of nitrogens with two attached hydrogens (primary N) is 1. The van der Waals surface area contributed by atoms with E-state index in [1.165, 1.54) is 0 Å². The Morgan fingerprint density at radius 2 is 1.95 bits per heavy atom. The molecule has 5 heteroatoms. The van der Waals surface area contributed by atoms with Crippen molar-refractivity contribution in [1.29, 1.82) is 0 Å². The number of carbonyl (C=O) groups excluding carboxylic acids is 1. The third-order valence-corrected chi connectivity index (χ3v) is 3.22. The fraction of sp³-hybridized carbons (Fsp3) is 0.533. The average Bonchev–Trinajstić information content (AvgIpc) is 2.45. The van der Waals surface area contributed by atoms with Gasteiger partial charge < -0.3 is 20.1 Å². The number of methoxy groups -OCH3 is 1. The number of anilines is 1. The summed E-state index contributed by atoms with van der Waals surface area (Å²) in [5.74, 6) is 0.459. The van der Waals surface area contributed by atoms with Gasteiger partial charge in [-0.3, -0.25) is 4.79 Å². The standard InChI is InChI=1S/C15H24N2O3/c1-5-20-14(18)15(2,16)10-11-17(3)12-6-8-13(19-4)9-7-12/h6-9H,5,10-11,16H2,1-4H3. The summed E-state index contributed by atoms with van der Waals surface area (Å²) in [4.78, 5) is 13.8. The smallest absolute Gasteiger partial charge is 0.325 e. The van der Waals surface area contributed by atoms with Crippen molar-refractivity contribution in [2.45, 2.75) is 25.8 Å². The van der Waals surface area contributed by atoms with Crippen molar-refractivity contribution in [3.8, 4) is 5.75 Å². The number of esters is 1. The van der Waals surface area contributed by atoms with Crippen LogP contribution < -0.4 is 15.4 Å². The summed E-state index contributed by atoms with van der Waals surface area (Å²) in [6.07, 6.45) is 0.522. The molecular weight excluding hydrogens is 256 g/mol. The summed E-state index contributed by atoms with van der Waals surface area (Å²) in [5, 5.41) is 0. The first-order valence-electron chi connectivity index (χ1n) is 6.72. The van der Waals surface area contributed by atoms with Crippen LogP contribution >= 0.6 is 0 Å². The Kier molecular flexibility index (Phi) is 5.82. The number of hydrogen-bond acceptors (Lipinski definition) is 5. The summed E-state index contributed by atoms with van der Waals surface area (Å²) in [7, 11) is 3.60. The molecule has 0 radical (unpaired) electrons. The summed E-state index contributed by atoms with van der Waals surface area (Å²) in [6.45, 7) is 4.49. The Labute approximate surface area is 120 Å². The fourth-order valence-corrected chi connectivity index (χ4v) is 1.76. The topological polar surface area (TPSA) is 64.8 Å². The Bertz CT molecular complexity index is 429. The van der Waals surface area contributed by atoms with Gasteiger partial charge in [0.15, 0.2) is 0 Å². The van der Waals surface area contributed by atoms with Gasteiger partial charge in [0.1, 0.15) is 11.3 Å². The molecule has 1 aromatic rings. The predicted octanol–water partition coefficient (Wildman–Crippen LogP) is 1.80. The molecule has 0 aromatic heterocycles. The van der Waals surface area contributed by atoms with Crippen LogP contribution in [0.5, 0.6) is 5.75 Å². The first-order valence-corrected chi connectivity index (χ1v) is 6.72. The number of benzene rings is 1. The van der Waals surface area contributed by atoms with E-state index in [4.69, 9.17) is 15.2 Å². The second-order valence-electron chi connectivity index (χ2n) is 5.01. The maximum absolute atomic E-state index is 11.7. The Morgan fingerprint density at radius 3 is 2.45 bits per heavy atom. The van der Waals surface area contributed by atoms with Crippen LogP contribution in [0, 0.1) is 0 Å². The maximum Gasteiger partial charge on any atom is 0.325 e. The third-order valence-electron chi connectivity index (χ3n) is 3.22. The molecule has 0 fully saturated rings. The SMILES string of the molecule is CCOC(=O)C(C)(N)CCN(C)c1ccc(OC)cc1. The molecule has 20 heavy (non-hydrogen) atoms. The lowest BCUT2D eigenvalue weighted by atomic mass is 9.99. The third kappa shape index (κ3) is 4.42. The van der Waals surface area contributed by atoms with E-state index in [-0.39, 0.29) is 5.97 Å². The minimum absolute atomic E-state index is 0.347. The normalized spacial score (nSPS) is 13.4. The molecule has 1 aromatic carbocycles. The number of carbonyl (C=O) groups is 1. The van der Waals surface area contributed by atoms with Crippen molar-refractivity contribution in [3.63, 3.8) is 0 Å². The highest BCUT2D eigenvalue weighted by Crippen LogP contribution is 2.19. The zero-order valence-corrected chi connectivity index (χ0v) is 12.7. The van der Waals surface area contributed by atoms with E-state index >= 15 is 0 Å². The van der Waals surface area contributed by atoms with Crippen LogP contribution in [0.25, 0.3) is 0 Å². The van der Waals surface area contributed by atoms with E-state index in [9.17, 15) is 4.79 Å². The van der Waals surface area contributed by atoms with Crippen LogP contribution in [0.1, 0.15) is 20.3 Å². The van der Waals surface area contributed by atoms with E-state index in [0.29, 0.717) is 19.6 Å². The molecule has 0 bridgehead atoms. The van der Waals surface area contributed by atoms with Crippen LogP contribution in [-0.4, -0.2) is 38.8 Å². The number of ether oxygens (including phenoxy) is 2. The quantitative estimate of drug-likeness (QED) is 0.772. The van der Waals surface area contributed by atoms with Gasteiger partial charge in [0.25, 0.3) is 0 Å². The molecule has 5 nitrogen and oxygen atoms in total. The van der Waals surface area contributed by atoms with E-state index in [2.05, 4.69) is 0 Å². The zero-order chi connectivity index (χ0) is 15.2. The second kappa shape index (κ2) is 7.14. The van der Waals surface area contributed by atoms with Crippen molar-refractivity contribution in [2.75, 3.05) is 32.2 Å². The molecule has 1 atom stereocenters. The molecule has 2 N–H and O–H groups in total. The summed E-state index contributed by atoms with van der Waals surface area (Å²) in [5.41, 5.74) is 6.08. The summed E-state index contributed by atoms with van der Waals surface area (Å²) in [6, 6.07) is 7.74. The molecule has 0 aliphatic carbocycles. The predicted molar refractivity (Wildman–Crippen MR) is 80.1 cm³/mol. The van der Waals surface area contributed by atoms with Gasteiger partial charge in [-0.15, -0.1) is 0 Å². The fourth-order valence-electron chi connectivity index (χ4n) is 1.76. The molecule has 0 aliphatic heterocycles. The largest absolute Gasteiger partial charge is 0.497 e. The van der Waals surface area contributed by atoms with Crippen molar-refractivity contribution in [2.24, 2.45) is 5.73 Å². The molecule has 0 aliphatic rings. The maximum atomic E-state index is 11.7. The molecule has 112 valence electrons. The Hall–Kier alpha value is -1.75. The Balaban J connectivity index is 2.57. The van der Waals surface area contributed by atoms with E-state index in [0.717, 1.165) is 11.4 Å². The lowest BCUT2D eigenvalue weighted by Crippen LogP contribution is -2.48. The molecule has 0 spiro atoms. The molecule has 0 amide bonds. The minimum Gasteiger partial charge on any atom is -0.497 e. The van der Waals surface area contributed by atoms with Crippen molar-refractivity contribution in [3.05, 3.63) is 24.3 Å². The van der Waals surface area contributed by atoms with Gasteiger partial charge >= 0.3 is 5.97 Å². The molecular formula is C15H24N2O3. The second-order valence-corrected chi connectivity index (χ2v) is 5.01. The molecule has 0 saturated carbocycles. The first kappa shape index (κ1) is 16.3. The van der Waals surface area contributed by atoms with E-state index < -0.39 is 5.54 Å². The number of rotatable bonds is 7. The van der Waals surface area contributed by atoms with Crippen LogP contribution in [-0.2, 0) is 9.53 Å². The first-order chi connectivity index (χ1) is 9.40. The van der Waals surface area contributed by atoms with Crippen LogP contribution in [0.4, 0.5) is 5.69 Å². The average molecular weight is 280 g/mol. The van der Waals surface area contributed by atoms with Gasteiger partial charge in [-0.25, -0.2) is 0 Å². The molecule has 0 saturated heterocycles. The van der Waals surface area contributed by atoms with E-state index in [1.807, 2.05) is 36.2 Å². The van der Waals surface area contributed by atoms with Crippen LogP contribution in [0.3, 0.4) is 0 Å². The zero-order valence-electron chi connectivity index (χ0n) is 12.7. The summed E-state index contributed by atoms with van der Waals surface area (Å²) >= 11 is 0. The van der Waals surface area contributed by atoms with Crippen molar-refractivity contribution >= 4 is 11.7 Å².